The molecule has 0 bridgehead atoms. The summed E-state index contributed by atoms with van der Waals surface area (Å²) in [7, 11) is 0. The average Bonchev–Trinajstić information content (AvgIpc) is 2.45. The number of hydrogen-bond donors (Lipinski definition) is 3. The fourth-order valence-corrected chi connectivity index (χ4v) is 1.97. The highest BCUT2D eigenvalue weighted by atomic mass is 32.1. The lowest BCUT2D eigenvalue weighted by atomic mass is 10.1. The van der Waals surface area contributed by atoms with Gasteiger partial charge >= 0.3 is 0 Å². The number of thiocarbonyl (C=S) groups is 1. The second-order valence-electron chi connectivity index (χ2n) is 4.75. The predicted molar refractivity (Wildman–Crippen MR) is 93.6 cm³/mol. The van der Waals surface area contributed by atoms with Crippen LogP contribution in [0.3, 0.4) is 0 Å². The van der Waals surface area contributed by atoms with Crippen LogP contribution in [0.5, 0.6) is 0 Å². The lowest BCUT2D eigenvalue weighted by molar-refractivity contribution is 1.04. The van der Waals surface area contributed by atoms with E-state index in [1.807, 2.05) is 62.4 Å². The Morgan fingerprint density at radius 2 is 1.86 bits per heavy atom. The van der Waals surface area contributed by atoms with Crippen LogP contribution >= 0.6 is 12.2 Å². The minimum Gasteiger partial charge on any atom is -0.399 e. The summed E-state index contributed by atoms with van der Waals surface area (Å²) < 4.78 is 0. The van der Waals surface area contributed by atoms with E-state index in [2.05, 4.69) is 15.8 Å². The number of benzene rings is 2. The summed E-state index contributed by atoms with van der Waals surface area (Å²) in [4.78, 5) is 0. The molecule has 0 unspecified atom stereocenters. The van der Waals surface area contributed by atoms with E-state index in [1.165, 1.54) is 5.56 Å². The maximum Gasteiger partial charge on any atom is 0.191 e. The summed E-state index contributed by atoms with van der Waals surface area (Å²) in [5.74, 6) is 0. The quantitative estimate of drug-likeness (QED) is 0.352. The van der Waals surface area contributed by atoms with Crippen LogP contribution in [0.2, 0.25) is 0 Å². The van der Waals surface area contributed by atoms with Crippen LogP contribution in [0.1, 0.15) is 18.1 Å². The third kappa shape index (κ3) is 4.57. The molecule has 0 aliphatic carbocycles. The molecule has 21 heavy (non-hydrogen) atoms. The van der Waals surface area contributed by atoms with Crippen molar-refractivity contribution in [2.45, 2.75) is 13.8 Å². The molecule has 0 atom stereocenters. The van der Waals surface area contributed by atoms with E-state index in [4.69, 9.17) is 18.0 Å². The van der Waals surface area contributed by atoms with Crippen molar-refractivity contribution in [2.75, 3.05) is 11.1 Å². The maximum atomic E-state index is 5.66. The van der Waals surface area contributed by atoms with Gasteiger partial charge in [-0.25, -0.2) is 0 Å². The number of rotatable bonds is 3. The van der Waals surface area contributed by atoms with Gasteiger partial charge < -0.3 is 11.1 Å². The highest BCUT2D eigenvalue weighted by Crippen LogP contribution is 2.09. The Balaban J connectivity index is 1.96. The second kappa shape index (κ2) is 6.85. The van der Waals surface area contributed by atoms with Crippen LogP contribution in [0, 0.1) is 6.92 Å². The molecule has 108 valence electrons. The van der Waals surface area contributed by atoms with Gasteiger partial charge in [-0.2, -0.15) is 5.10 Å². The van der Waals surface area contributed by atoms with Gasteiger partial charge in [0, 0.05) is 11.4 Å². The Hall–Kier alpha value is -2.40. The molecule has 2 aromatic rings. The molecule has 4 nitrogen and oxygen atoms in total. The van der Waals surface area contributed by atoms with Crippen LogP contribution in [0.15, 0.2) is 53.6 Å². The first kappa shape index (κ1) is 15.0. The number of hydrazone groups is 1. The smallest absolute Gasteiger partial charge is 0.191 e. The van der Waals surface area contributed by atoms with Gasteiger partial charge in [-0.1, -0.05) is 24.3 Å². The first-order chi connectivity index (χ1) is 10.0. The molecule has 0 fully saturated rings. The van der Waals surface area contributed by atoms with Crippen LogP contribution in [-0.2, 0) is 0 Å². The summed E-state index contributed by atoms with van der Waals surface area (Å²) in [6.07, 6.45) is 0. The average molecular weight is 298 g/mol. The second-order valence-corrected chi connectivity index (χ2v) is 5.16. The first-order valence-corrected chi connectivity index (χ1v) is 6.99. The van der Waals surface area contributed by atoms with Gasteiger partial charge in [-0.05, 0) is 61.5 Å². The molecular formula is C16H18N4S. The summed E-state index contributed by atoms with van der Waals surface area (Å²) in [6.45, 7) is 3.94. The third-order valence-electron chi connectivity index (χ3n) is 2.93. The topological polar surface area (TPSA) is 62.4 Å². The largest absolute Gasteiger partial charge is 0.399 e. The van der Waals surface area contributed by atoms with Crippen LogP contribution < -0.4 is 16.5 Å². The highest BCUT2D eigenvalue weighted by Gasteiger charge is 1.99. The third-order valence-corrected chi connectivity index (χ3v) is 3.12. The predicted octanol–water partition coefficient (Wildman–Crippen LogP) is 3.29. The summed E-state index contributed by atoms with van der Waals surface area (Å²) in [5, 5.41) is 7.81. The number of nitrogens with two attached hydrogens (primary N) is 1. The Labute approximate surface area is 130 Å². The number of nitrogens with one attached hydrogen (secondary N) is 2. The molecule has 0 radical (unpaired) electrons. The first-order valence-electron chi connectivity index (χ1n) is 6.58. The molecular weight excluding hydrogens is 280 g/mol. The molecule has 0 saturated carbocycles. The van der Waals surface area contributed by atoms with Crippen molar-refractivity contribution in [3.63, 3.8) is 0 Å². The number of nitrogens with zero attached hydrogens (tertiary/aromatic N) is 1. The van der Waals surface area contributed by atoms with E-state index in [0.717, 1.165) is 22.6 Å². The number of aryl methyl sites for hydroxylation is 1. The summed E-state index contributed by atoms with van der Waals surface area (Å²) >= 11 is 5.22. The lowest BCUT2D eigenvalue weighted by Crippen LogP contribution is -2.25. The Morgan fingerprint density at radius 1 is 1.14 bits per heavy atom. The van der Waals surface area contributed by atoms with Gasteiger partial charge in [-0.3, -0.25) is 5.43 Å². The van der Waals surface area contributed by atoms with Gasteiger partial charge in [0.2, 0.25) is 0 Å². The molecule has 4 N–H and O–H groups in total. The van der Waals surface area contributed by atoms with Crippen molar-refractivity contribution >= 4 is 34.4 Å². The molecule has 0 amide bonds. The van der Waals surface area contributed by atoms with Crippen molar-refractivity contribution in [2.24, 2.45) is 5.10 Å². The van der Waals surface area contributed by atoms with Crippen molar-refractivity contribution < 1.29 is 0 Å². The zero-order valence-corrected chi connectivity index (χ0v) is 12.9. The van der Waals surface area contributed by atoms with Crippen molar-refractivity contribution in [1.82, 2.24) is 5.43 Å². The Bertz CT molecular complexity index is 662. The molecule has 2 rings (SSSR count). The minimum atomic E-state index is 0.454. The number of anilines is 2. The van der Waals surface area contributed by atoms with Crippen LogP contribution in [0.4, 0.5) is 11.4 Å². The van der Waals surface area contributed by atoms with Gasteiger partial charge in [-0.15, -0.1) is 0 Å². The molecule has 0 aliphatic heterocycles. The van der Waals surface area contributed by atoms with Gasteiger partial charge in [0.15, 0.2) is 5.11 Å². The van der Waals surface area contributed by atoms with Gasteiger partial charge in [0.1, 0.15) is 0 Å². The fraction of sp³-hybridized carbons (Fsp3) is 0.125. The van der Waals surface area contributed by atoms with E-state index in [-0.39, 0.29) is 0 Å². The lowest BCUT2D eigenvalue weighted by Gasteiger charge is -2.08. The molecule has 5 heteroatoms. The Kier molecular flexibility index (Phi) is 4.90. The van der Waals surface area contributed by atoms with Crippen LogP contribution in [0.25, 0.3) is 0 Å². The van der Waals surface area contributed by atoms with E-state index in [1.54, 1.807) is 0 Å². The molecule has 0 heterocycles. The molecule has 0 spiro atoms. The van der Waals surface area contributed by atoms with E-state index in [9.17, 15) is 0 Å². The minimum absolute atomic E-state index is 0.454. The summed E-state index contributed by atoms with van der Waals surface area (Å²) in [5.41, 5.74) is 13.2. The van der Waals surface area contributed by atoms with Crippen molar-refractivity contribution in [3.05, 3.63) is 59.7 Å². The van der Waals surface area contributed by atoms with Crippen LogP contribution in [-0.4, -0.2) is 10.8 Å². The van der Waals surface area contributed by atoms with Gasteiger partial charge in [0.25, 0.3) is 0 Å². The normalized spacial score (nSPS) is 11.0. The Morgan fingerprint density at radius 3 is 2.52 bits per heavy atom. The fourth-order valence-electron chi connectivity index (χ4n) is 1.81. The van der Waals surface area contributed by atoms with E-state index < -0.39 is 0 Å². The molecule has 0 saturated heterocycles. The summed E-state index contributed by atoms with van der Waals surface area (Å²) in [6, 6.07) is 15.5. The highest BCUT2D eigenvalue weighted by molar-refractivity contribution is 7.80. The SMILES string of the molecule is C/C(=N/NC(=S)Nc1cccc(C)c1)c1ccc(N)cc1. The standard InChI is InChI=1S/C16H18N4S/c1-11-4-3-5-15(10-11)18-16(21)20-19-12(2)13-6-8-14(17)9-7-13/h3-10H,17H2,1-2H3,(H2,18,20,21)/b19-12-. The molecule has 0 aromatic heterocycles. The number of hydrogen-bond acceptors (Lipinski definition) is 3. The van der Waals surface area contributed by atoms with Gasteiger partial charge in [0.05, 0.1) is 5.71 Å². The zero-order chi connectivity index (χ0) is 15.2. The monoisotopic (exact) mass is 298 g/mol. The van der Waals surface area contributed by atoms with Crippen molar-refractivity contribution in [1.29, 1.82) is 0 Å². The van der Waals surface area contributed by atoms with E-state index in [0.29, 0.717) is 5.11 Å². The number of nitrogen functional groups attached to an aromatic ring is 1. The zero-order valence-electron chi connectivity index (χ0n) is 12.1. The maximum absolute atomic E-state index is 5.66. The van der Waals surface area contributed by atoms with Crippen molar-refractivity contribution in [3.8, 4) is 0 Å². The molecule has 0 aliphatic rings. The molecule has 2 aromatic carbocycles. The van der Waals surface area contributed by atoms with E-state index >= 15 is 0 Å².